The van der Waals surface area contributed by atoms with Crippen LogP contribution in [0.3, 0.4) is 0 Å². The molecule has 1 atom stereocenters. The number of hydrogen-bond donors (Lipinski definition) is 1. The van der Waals surface area contributed by atoms with Gasteiger partial charge in [-0.25, -0.2) is 0 Å². The number of allylic oxidation sites excluding steroid dienone is 1. The van der Waals surface area contributed by atoms with Crippen molar-refractivity contribution in [2.75, 3.05) is 7.11 Å². The van der Waals surface area contributed by atoms with Crippen molar-refractivity contribution >= 4 is 11.6 Å². The monoisotopic (exact) mass is 264 g/mol. The van der Waals surface area contributed by atoms with E-state index in [9.17, 15) is 10.5 Å². The minimum absolute atomic E-state index is 0.0238. The molecular formula is C12H13ClN4O. The largest absolute Gasteiger partial charge is 0.359 e. The van der Waals surface area contributed by atoms with Gasteiger partial charge in [-0.1, -0.05) is 25.4 Å². The maximum absolute atomic E-state index is 9.42. The van der Waals surface area contributed by atoms with Gasteiger partial charge >= 0.3 is 0 Å². The molecule has 1 aliphatic heterocycles. The SMILES string of the molecule is CO[C@@]1(C)NC(Cl)=C(C#N)C(C#N)(C#N)C1(C)C. The first kappa shape index (κ1) is 14.3. The molecule has 6 heteroatoms. The fourth-order valence-electron chi connectivity index (χ4n) is 2.12. The average Bonchev–Trinajstić information content (AvgIpc) is 2.33. The molecule has 0 fully saturated rings. The second kappa shape index (κ2) is 4.18. The van der Waals surface area contributed by atoms with Gasteiger partial charge in [-0.2, -0.15) is 15.8 Å². The molecule has 1 aliphatic rings. The highest BCUT2D eigenvalue weighted by atomic mass is 35.5. The van der Waals surface area contributed by atoms with Gasteiger partial charge < -0.3 is 10.1 Å². The lowest BCUT2D eigenvalue weighted by Crippen LogP contribution is -2.64. The van der Waals surface area contributed by atoms with E-state index in [1.165, 1.54) is 7.11 Å². The predicted octanol–water partition coefficient (Wildman–Crippen LogP) is 1.99. The van der Waals surface area contributed by atoms with Crippen LogP contribution in [-0.4, -0.2) is 12.8 Å². The van der Waals surface area contributed by atoms with E-state index in [0.717, 1.165) is 0 Å². The van der Waals surface area contributed by atoms with Crippen LogP contribution >= 0.6 is 11.6 Å². The van der Waals surface area contributed by atoms with E-state index in [2.05, 4.69) is 5.32 Å². The second-order valence-electron chi connectivity index (χ2n) is 4.76. The molecule has 1 heterocycles. The molecule has 94 valence electrons. The van der Waals surface area contributed by atoms with Crippen LogP contribution < -0.4 is 5.32 Å². The Hall–Kier alpha value is -1.74. The number of halogens is 1. The van der Waals surface area contributed by atoms with Gasteiger partial charge in [-0.15, -0.1) is 0 Å². The van der Waals surface area contributed by atoms with E-state index in [4.69, 9.17) is 21.6 Å². The number of nitriles is 3. The van der Waals surface area contributed by atoms with Crippen molar-refractivity contribution in [3.05, 3.63) is 10.7 Å². The Labute approximate surface area is 111 Å². The predicted molar refractivity (Wildman–Crippen MR) is 64.5 cm³/mol. The first-order chi connectivity index (χ1) is 8.26. The number of rotatable bonds is 1. The van der Waals surface area contributed by atoms with Gasteiger partial charge in [-0.3, -0.25) is 0 Å². The van der Waals surface area contributed by atoms with E-state index >= 15 is 0 Å². The fraction of sp³-hybridized carbons (Fsp3) is 0.583. The molecule has 0 aromatic heterocycles. The third-order valence-corrected chi connectivity index (χ3v) is 4.21. The third kappa shape index (κ3) is 1.40. The molecule has 18 heavy (non-hydrogen) atoms. The summed E-state index contributed by atoms with van der Waals surface area (Å²) in [6.45, 7) is 5.07. The summed E-state index contributed by atoms with van der Waals surface area (Å²) in [6, 6.07) is 5.71. The van der Waals surface area contributed by atoms with Gasteiger partial charge in [0.05, 0.1) is 17.7 Å². The molecule has 0 aromatic rings. The topological polar surface area (TPSA) is 92.6 Å². The Morgan fingerprint density at radius 1 is 1.17 bits per heavy atom. The van der Waals surface area contributed by atoms with Gasteiger partial charge in [-0.05, 0) is 6.92 Å². The fourth-order valence-corrected chi connectivity index (χ4v) is 2.48. The lowest BCUT2D eigenvalue weighted by atomic mass is 9.57. The Bertz CT molecular complexity index is 518. The van der Waals surface area contributed by atoms with E-state index in [1.54, 1.807) is 20.8 Å². The molecule has 0 amide bonds. The van der Waals surface area contributed by atoms with Crippen molar-refractivity contribution in [3.63, 3.8) is 0 Å². The Kier molecular flexibility index (Phi) is 3.32. The Balaban J connectivity index is 3.75. The first-order valence-corrected chi connectivity index (χ1v) is 5.60. The molecule has 0 saturated heterocycles. The molecule has 0 spiro atoms. The molecule has 0 aromatic carbocycles. The first-order valence-electron chi connectivity index (χ1n) is 5.22. The average molecular weight is 265 g/mol. The van der Waals surface area contributed by atoms with Crippen LogP contribution in [0.2, 0.25) is 0 Å². The van der Waals surface area contributed by atoms with Gasteiger partial charge in [0.25, 0.3) is 0 Å². The summed E-state index contributed by atoms with van der Waals surface area (Å²) >= 11 is 5.98. The van der Waals surface area contributed by atoms with Crippen LogP contribution in [0, 0.1) is 44.8 Å². The van der Waals surface area contributed by atoms with E-state index in [-0.39, 0.29) is 10.7 Å². The van der Waals surface area contributed by atoms with Crippen LogP contribution in [-0.2, 0) is 4.74 Å². The number of ether oxygens (including phenoxy) is 1. The molecule has 1 N–H and O–H groups in total. The van der Waals surface area contributed by atoms with E-state index < -0.39 is 16.6 Å². The highest BCUT2D eigenvalue weighted by molar-refractivity contribution is 6.30. The maximum atomic E-state index is 9.42. The molecule has 0 bridgehead atoms. The number of hydrogen-bond acceptors (Lipinski definition) is 5. The van der Waals surface area contributed by atoms with Gasteiger partial charge in [0, 0.05) is 12.5 Å². The van der Waals surface area contributed by atoms with Crippen LogP contribution in [0.5, 0.6) is 0 Å². The van der Waals surface area contributed by atoms with E-state index in [1.807, 2.05) is 18.2 Å². The molecular weight excluding hydrogens is 252 g/mol. The summed E-state index contributed by atoms with van der Waals surface area (Å²) in [5, 5.41) is 30.8. The van der Waals surface area contributed by atoms with Crippen molar-refractivity contribution in [1.29, 1.82) is 15.8 Å². The minimum atomic E-state index is -1.66. The zero-order chi connectivity index (χ0) is 14.2. The summed E-state index contributed by atoms with van der Waals surface area (Å²) in [5.41, 5.74) is -3.74. The number of nitrogens with zero attached hydrogens (tertiary/aromatic N) is 3. The Morgan fingerprint density at radius 3 is 2.00 bits per heavy atom. The molecule has 1 rings (SSSR count). The lowest BCUT2D eigenvalue weighted by Gasteiger charge is -2.52. The standard InChI is InChI=1S/C12H13ClN4O/c1-10(2)11(3,18-4)17-9(13)8(5-14)12(10,6-15)7-16/h17H,1-4H3/t11-/m1/s1. The van der Waals surface area contributed by atoms with Gasteiger partial charge in [0.15, 0.2) is 5.41 Å². The van der Waals surface area contributed by atoms with Crippen molar-refractivity contribution in [1.82, 2.24) is 5.32 Å². The second-order valence-corrected chi connectivity index (χ2v) is 5.14. The zero-order valence-corrected chi connectivity index (χ0v) is 11.4. The van der Waals surface area contributed by atoms with Crippen LogP contribution in [0.4, 0.5) is 0 Å². The van der Waals surface area contributed by atoms with Crippen molar-refractivity contribution in [3.8, 4) is 18.2 Å². The van der Waals surface area contributed by atoms with Crippen molar-refractivity contribution < 1.29 is 4.74 Å². The molecule has 0 aliphatic carbocycles. The molecule has 0 unspecified atom stereocenters. The molecule has 5 nitrogen and oxygen atoms in total. The van der Waals surface area contributed by atoms with Crippen molar-refractivity contribution in [2.45, 2.75) is 26.5 Å². The highest BCUT2D eigenvalue weighted by Crippen LogP contribution is 2.54. The van der Waals surface area contributed by atoms with Crippen molar-refractivity contribution in [2.24, 2.45) is 10.8 Å². The molecule has 0 radical (unpaired) electrons. The quantitative estimate of drug-likeness (QED) is 0.731. The van der Waals surface area contributed by atoms with Crippen LogP contribution in [0.25, 0.3) is 0 Å². The summed E-state index contributed by atoms with van der Waals surface area (Å²) in [6.07, 6.45) is 0. The number of methoxy groups -OCH3 is 1. The highest BCUT2D eigenvalue weighted by Gasteiger charge is 2.63. The zero-order valence-electron chi connectivity index (χ0n) is 10.6. The number of nitrogens with one attached hydrogen (secondary N) is 1. The Morgan fingerprint density at radius 2 is 1.67 bits per heavy atom. The summed E-state index contributed by atoms with van der Waals surface area (Å²) in [5.74, 6) is 0. The molecule has 0 saturated carbocycles. The van der Waals surface area contributed by atoms with Gasteiger partial charge in [0.1, 0.15) is 17.0 Å². The van der Waals surface area contributed by atoms with E-state index in [0.29, 0.717) is 0 Å². The van der Waals surface area contributed by atoms with Crippen LogP contribution in [0.1, 0.15) is 20.8 Å². The summed E-state index contributed by atoms with van der Waals surface area (Å²) in [4.78, 5) is 0. The van der Waals surface area contributed by atoms with Gasteiger partial charge in [0.2, 0.25) is 0 Å². The normalized spacial score (nSPS) is 28.6. The summed E-state index contributed by atoms with van der Waals surface area (Å²) < 4.78 is 5.37. The maximum Gasteiger partial charge on any atom is 0.190 e. The minimum Gasteiger partial charge on any atom is -0.359 e. The third-order valence-electron chi connectivity index (χ3n) is 3.93. The van der Waals surface area contributed by atoms with Crippen LogP contribution in [0.15, 0.2) is 10.7 Å². The summed E-state index contributed by atoms with van der Waals surface area (Å²) in [7, 11) is 1.45. The lowest BCUT2D eigenvalue weighted by molar-refractivity contribution is -0.133. The smallest absolute Gasteiger partial charge is 0.190 e.